The molecule has 10 heteroatoms. The Kier molecular flexibility index (Phi) is 5.64. The van der Waals surface area contributed by atoms with Crippen LogP contribution in [-0.2, 0) is 15.7 Å². The molecule has 4 rings (SSSR count). The Morgan fingerprint density at radius 3 is 2.79 bits per heavy atom. The first-order chi connectivity index (χ1) is 13.9. The van der Waals surface area contributed by atoms with Gasteiger partial charge in [-0.25, -0.2) is 0 Å². The van der Waals surface area contributed by atoms with Gasteiger partial charge in [-0.2, -0.15) is 13.2 Å². The molecular weight excluding hydrogens is 389 g/mol. The largest absolute Gasteiger partial charge is 0.416 e. The van der Waals surface area contributed by atoms with Crippen molar-refractivity contribution in [1.29, 1.82) is 0 Å². The van der Waals surface area contributed by atoms with Crippen molar-refractivity contribution in [3.8, 4) is 0 Å². The quantitative estimate of drug-likeness (QED) is 0.786. The molecule has 0 spiro atoms. The summed E-state index contributed by atoms with van der Waals surface area (Å²) in [6.45, 7) is 3.22. The first kappa shape index (κ1) is 20.0. The number of carbonyl (C=O) groups excluding carboxylic acids is 1. The zero-order valence-corrected chi connectivity index (χ0v) is 15.8. The van der Waals surface area contributed by atoms with Gasteiger partial charge in [-0.05, 0) is 37.5 Å². The maximum absolute atomic E-state index is 12.9. The van der Waals surface area contributed by atoms with Gasteiger partial charge >= 0.3 is 6.18 Å². The number of amides is 1. The van der Waals surface area contributed by atoms with Crippen molar-refractivity contribution >= 4 is 22.7 Å². The molecule has 1 amide bonds. The van der Waals surface area contributed by atoms with Crippen LogP contribution in [-0.4, -0.2) is 60.9 Å². The Morgan fingerprint density at radius 1 is 1.24 bits per heavy atom. The second kappa shape index (κ2) is 8.19. The number of halogens is 3. The second-order valence-electron chi connectivity index (χ2n) is 7.49. The predicted octanol–water partition coefficient (Wildman–Crippen LogP) is 2.63. The average Bonchev–Trinajstić information content (AvgIpc) is 3.33. The zero-order chi connectivity index (χ0) is 20.4. The summed E-state index contributed by atoms with van der Waals surface area (Å²) < 4.78 is 49.2. The van der Waals surface area contributed by atoms with E-state index in [4.69, 9.17) is 9.26 Å². The van der Waals surface area contributed by atoms with Crippen molar-refractivity contribution < 1.29 is 27.2 Å². The fourth-order valence-electron chi connectivity index (χ4n) is 3.97. The van der Waals surface area contributed by atoms with Crippen LogP contribution in [0, 0.1) is 0 Å². The van der Waals surface area contributed by atoms with Crippen LogP contribution in [0.4, 0.5) is 19.0 Å². The Balaban J connectivity index is 1.31. The summed E-state index contributed by atoms with van der Waals surface area (Å²) in [6.07, 6.45) is -1.55. The SMILES string of the molecule is O=C(CNc1noc2ccc(C(F)(F)F)cc12)N[C@@H]1CCN(C2CCOCC2)C1. The third-order valence-electron chi connectivity index (χ3n) is 5.51. The van der Waals surface area contributed by atoms with Crippen molar-refractivity contribution in [3.05, 3.63) is 23.8 Å². The standard InChI is InChI=1S/C19H23F3N4O3/c20-19(21,22)12-1-2-16-15(9-12)18(25-29-16)23-10-17(27)24-13-3-6-26(11-13)14-4-7-28-8-5-14/h1-2,9,13-14H,3-8,10-11H2,(H,23,25)(H,24,27)/t13-/m1/s1. The van der Waals surface area contributed by atoms with Crippen molar-refractivity contribution in [2.75, 3.05) is 38.2 Å². The average molecular weight is 412 g/mol. The summed E-state index contributed by atoms with van der Waals surface area (Å²) in [5.41, 5.74) is -0.566. The Labute approximate surface area is 165 Å². The lowest BCUT2D eigenvalue weighted by molar-refractivity contribution is -0.137. The van der Waals surface area contributed by atoms with Crippen LogP contribution in [0.1, 0.15) is 24.8 Å². The number of anilines is 1. The van der Waals surface area contributed by atoms with Crippen molar-refractivity contribution in [2.45, 2.75) is 37.5 Å². The third-order valence-corrected chi connectivity index (χ3v) is 5.51. The maximum Gasteiger partial charge on any atom is 0.416 e. The Hall–Kier alpha value is -2.33. The van der Waals surface area contributed by atoms with Crippen molar-refractivity contribution in [2.24, 2.45) is 0 Å². The van der Waals surface area contributed by atoms with E-state index in [1.54, 1.807) is 0 Å². The molecule has 2 saturated heterocycles. The molecule has 0 aliphatic carbocycles. The molecule has 1 atom stereocenters. The summed E-state index contributed by atoms with van der Waals surface area (Å²) >= 11 is 0. The van der Waals surface area contributed by atoms with E-state index in [0.29, 0.717) is 6.04 Å². The molecule has 2 aromatic rings. The van der Waals surface area contributed by atoms with Gasteiger partial charge in [0.1, 0.15) is 0 Å². The number of hydrogen-bond acceptors (Lipinski definition) is 6. The number of aromatic nitrogens is 1. The minimum absolute atomic E-state index is 0.0676. The highest BCUT2D eigenvalue weighted by atomic mass is 19.4. The molecular formula is C19H23F3N4O3. The first-order valence-electron chi connectivity index (χ1n) is 9.72. The maximum atomic E-state index is 12.9. The van der Waals surface area contributed by atoms with Crippen LogP contribution in [0.2, 0.25) is 0 Å². The van der Waals surface area contributed by atoms with Crippen LogP contribution in [0.5, 0.6) is 0 Å². The third kappa shape index (κ3) is 4.64. The minimum Gasteiger partial charge on any atom is -0.381 e. The van der Waals surface area contributed by atoms with Gasteiger partial charge in [0.05, 0.1) is 17.5 Å². The number of likely N-dealkylation sites (tertiary alicyclic amines) is 1. The normalized spacial score (nSPS) is 21.6. The fraction of sp³-hybridized carbons (Fsp3) is 0.579. The smallest absolute Gasteiger partial charge is 0.381 e. The molecule has 2 N–H and O–H groups in total. The number of ether oxygens (including phenoxy) is 1. The molecule has 1 aromatic heterocycles. The predicted molar refractivity (Wildman–Crippen MR) is 99.5 cm³/mol. The summed E-state index contributed by atoms with van der Waals surface area (Å²) in [4.78, 5) is 14.7. The molecule has 2 fully saturated rings. The van der Waals surface area contributed by atoms with Gasteiger partial charge in [0.25, 0.3) is 0 Å². The van der Waals surface area contributed by atoms with Gasteiger partial charge < -0.3 is 19.9 Å². The molecule has 2 aliphatic heterocycles. The van der Waals surface area contributed by atoms with Crippen LogP contribution < -0.4 is 10.6 Å². The number of nitrogens with zero attached hydrogens (tertiary/aromatic N) is 2. The molecule has 0 saturated carbocycles. The summed E-state index contributed by atoms with van der Waals surface area (Å²) in [6, 6.07) is 3.70. The highest BCUT2D eigenvalue weighted by Gasteiger charge is 2.32. The lowest BCUT2D eigenvalue weighted by Crippen LogP contribution is -2.43. The van der Waals surface area contributed by atoms with Gasteiger partial charge in [-0.15, -0.1) is 0 Å². The van der Waals surface area contributed by atoms with E-state index < -0.39 is 11.7 Å². The van der Waals surface area contributed by atoms with Crippen molar-refractivity contribution in [1.82, 2.24) is 15.4 Å². The van der Waals surface area contributed by atoms with E-state index in [1.807, 2.05) is 0 Å². The molecule has 3 heterocycles. The lowest BCUT2D eigenvalue weighted by Gasteiger charge is -2.31. The number of carbonyl (C=O) groups is 1. The number of benzene rings is 1. The van der Waals surface area contributed by atoms with Gasteiger partial charge in [-0.3, -0.25) is 9.69 Å². The van der Waals surface area contributed by atoms with Crippen LogP contribution in [0.15, 0.2) is 22.7 Å². The Bertz CT molecular complexity index is 864. The van der Waals surface area contributed by atoms with E-state index in [-0.39, 0.29) is 35.3 Å². The summed E-state index contributed by atoms with van der Waals surface area (Å²) in [5, 5.41) is 9.70. The van der Waals surface area contributed by atoms with E-state index in [2.05, 4.69) is 20.7 Å². The number of nitrogens with one attached hydrogen (secondary N) is 2. The van der Waals surface area contributed by atoms with Crippen LogP contribution in [0.25, 0.3) is 11.0 Å². The summed E-state index contributed by atoms with van der Waals surface area (Å²) in [7, 11) is 0. The minimum atomic E-state index is -4.46. The second-order valence-corrected chi connectivity index (χ2v) is 7.49. The first-order valence-corrected chi connectivity index (χ1v) is 9.72. The zero-order valence-electron chi connectivity index (χ0n) is 15.8. The number of hydrogen-bond donors (Lipinski definition) is 2. The van der Waals surface area contributed by atoms with Crippen molar-refractivity contribution in [3.63, 3.8) is 0 Å². The van der Waals surface area contributed by atoms with E-state index >= 15 is 0 Å². The number of rotatable bonds is 5. The van der Waals surface area contributed by atoms with Gasteiger partial charge in [-0.1, -0.05) is 5.16 Å². The number of fused-ring (bicyclic) bond motifs is 1. The fourth-order valence-corrected chi connectivity index (χ4v) is 3.97. The Morgan fingerprint density at radius 2 is 2.03 bits per heavy atom. The monoisotopic (exact) mass is 412 g/mol. The van der Waals surface area contributed by atoms with E-state index in [0.717, 1.165) is 57.7 Å². The molecule has 0 radical (unpaired) electrons. The van der Waals surface area contributed by atoms with E-state index in [9.17, 15) is 18.0 Å². The highest BCUT2D eigenvalue weighted by molar-refractivity contribution is 5.90. The highest BCUT2D eigenvalue weighted by Crippen LogP contribution is 2.33. The molecule has 1 aromatic carbocycles. The summed E-state index contributed by atoms with van der Waals surface area (Å²) in [5.74, 6) is -0.108. The molecule has 2 aliphatic rings. The molecule has 29 heavy (non-hydrogen) atoms. The van der Waals surface area contributed by atoms with Gasteiger partial charge in [0.2, 0.25) is 5.91 Å². The van der Waals surface area contributed by atoms with Crippen LogP contribution in [0.3, 0.4) is 0 Å². The van der Waals surface area contributed by atoms with Gasteiger partial charge in [0.15, 0.2) is 11.4 Å². The van der Waals surface area contributed by atoms with E-state index in [1.165, 1.54) is 6.07 Å². The molecule has 0 bridgehead atoms. The topological polar surface area (TPSA) is 79.6 Å². The lowest BCUT2D eigenvalue weighted by atomic mass is 10.1. The van der Waals surface area contributed by atoms with Crippen LogP contribution >= 0.6 is 0 Å². The molecule has 7 nitrogen and oxygen atoms in total. The number of alkyl halides is 3. The molecule has 0 unspecified atom stereocenters. The molecule has 158 valence electrons. The van der Waals surface area contributed by atoms with Gasteiger partial charge in [0, 0.05) is 38.4 Å².